The van der Waals surface area contributed by atoms with E-state index in [1.54, 1.807) is 19.2 Å². The van der Waals surface area contributed by atoms with Gasteiger partial charge in [-0.2, -0.15) is 0 Å². The van der Waals surface area contributed by atoms with Crippen LogP contribution in [0.15, 0.2) is 51.9 Å². The molecule has 0 atom stereocenters. The summed E-state index contributed by atoms with van der Waals surface area (Å²) in [5, 5.41) is 3.95. The number of rotatable bonds is 6. The van der Waals surface area contributed by atoms with Crippen molar-refractivity contribution >= 4 is 17.7 Å². The van der Waals surface area contributed by atoms with E-state index >= 15 is 0 Å². The van der Waals surface area contributed by atoms with Gasteiger partial charge in [0.15, 0.2) is 0 Å². The van der Waals surface area contributed by atoms with Gasteiger partial charge in [-0.1, -0.05) is 23.4 Å². The molecule has 0 fully saturated rings. The molecule has 1 aromatic heterocycles. The van der Waals surface area contributed by atoms with E-state index in [1.165, 1.54) is 28.8 Å². The highest BCUT2D eigenvalue weighted by atomic mass is 32.2. The molecule has 0 aliphatic rings. The van der Waals surface area contributed by atoms with E-state index in [2.05, 4.69) is 5.16 Å². The minimum Gasteiger partial charge on any atom is -0.361 e. The number of aryl methyl sites for hydroxylation is 2. The molecule has 0 saturated carbocycles. The van der Waals surface area contributed by atoms with Crippen LogP contribution in [0.2, 0.25) is 0 Å². The number of nitrogens with zero attached hydrogens (tertiary/aromatic N) is 2. The Morgan fingerprint density at radius 2 is 1.93 bits per heavy atom. The van der Waals surface area contributed by atoms with Crippen molar-refractivity contribution in [3.63, 3.8) is 0 Å². The summed E-state index contributed by atoms with van der Waals surface area (Å²) in [4.78, 5) is 15.2. The van der Waals surface area contributed by atoms with Crippen LogP contribution < -0.4 is 0 Å². The number of benzene rings is 2. The van der Waals surface area contributed by atoms with E-state index in [4.69, 9.17) is 4.52 Å². The third-order valence-electron chi connectivity index (χ3n) is 4.44. The number of carbonyl (C=O) groups is 1. The van der Waals surface area contributed by atoms with Crippen LogP contribution in [-0.4, -0.2) is 23.0 Å². The number of aromatic nitrogens is 1. The number of carbonyl (C=O) groups excluding carboxylic acids is 1. The van der Waals surface area contributed by atoms with Gasteiger partial charge >= 0.3 is 0 Å². The SMILES string of the molecule is Cc1noc(C)c1CSc1ccccc1C(=O)N(C)Cc1ccc(F)cc1F. The second-order valence-corrected chi connectivity index (χ2v) is 7.50. The molecule has 0 bridgehead atoms. The van der Waals surface area contributed by atoms with Gasteiger partial charge in [-0.05, 0) is 32.0 Å². The van der Waals surface area contributed by atoms with Gasteiger partial charge in [-0.15, -0.1) is 11.8 Å². The van der Waals surface area contributed by atoms with Crippen LogP contribution in [0, 0.1) is 25.5 Å². The lowest BCUT2D eigenvalue weighted by Gasteiger charge is -2.19. The number of amides is 1. The molecule has 0 aliphatic carbocycles. The van der Waals surface area contributed by atoms with E-state index < -0.39 is 11.6 Å². The van der Waals surface area contributed by atoms with Crippen LogP contribution in [0.1, 0.15) is 32.9 Å². The number of halogens is 2. The molecular formula is C21H20F2N2O2S. The molecule has 7 heteroatoms. The second-order valence-electron chi connectivity index (χ2n) is 6.48. The molecule has 3 rings (SSSR count). The summed E-state index contributed by atoms with van der Waals surface area (Å²) in [6, 6.07) is 10.6. The van der Waals surface area contributed by atoms with Crippen molar-refractivity contribution in [3.05, 3.63) is 82.2 Å². The van der Waals surface area contributed by atoms with Crippen molar-refractivity contribution < 1.29 is 18.1 Å². The number of hydrogen-bond acceptors (Lipinski definition) is 4. The Bertz CT molecular complexity index is 984. The fourth-order valence-electron chi connectivity index (χ4n) is 2.81. The highest BCUT2D eigenvalue weighted by molar-refractivity contribution is 7.98. The quantitative estimate of drug-likeness (QED) is 0.536. The molecule has 0 unspecified atom stereocenters. The fourth-order valence-corrected chi connectivity index (χ4v) is 4.01. The highest BCUT2D eigenvalue weighted by Crippen LogP contribution is 2.29. The summed E-state index contributed by atoms with van der Waals surface area (Å²) in [5.74, 6) is -0.151. The van der Waals surface area contributed by atoms with Crippen LogP contribution in [0.25, 0.3) is 0 Å². The van der Waals surface area contributed by atoms with E-state index in [1.807, 2.05) is 26.0 Å². The van der Waals surface area contributed by atoms with E-state index in [0.717, 1.165) is 28.0 Å². The van der Waals surface area contributed by atoms with Gasteiger partial charge < -0.3 is 9.42 Å². The first-order valence-electron chi connectivity index (χ1n) is 8.69. The minimum atomic E-state index is -0.666. The smallest absolute Gasteiger partial charge is 0.255 e. The van der Waals surface area contributed by atoms with Crippen molar-refractivity contribution in [3.8, 4) is 0 Å². The topological polar surface area (TPSA) is 46.3 Å². The predicted molar refractivity (Wildman–Crippen MR) is 104 cm³/mol. The van der Waals surface area contributed by atoms with Crippen molar-refractivity contribution in [1.82, 2.24) is 10.1 Å². The predicted octanol–water partition coefficient (Wildman–Crippen LogP) is 5.13. The van der Waals surface area contributed by atoms with Crippen LogP contribution in [-0.2, 0) is 12.3 Å². The maximum atomic E-state index is 13.9. The van der Waals surface area contributed by atoms with Crippen molar-refractivity contribution in [2.45, 2.75) is 31.0 Å². The summed E-state index contributed by atoms with van der Waals surface area (Å²) >= 11 is 1.52. The van der Waals surface area contributed by atoms with Crippen molar-refractivity contribution in [2.75, 3.05) is 7.05 Å². The zero-order valence-electron chi connectivity index (χ0n) is 15.8. The lowest BCUT2D eigenvalue weighted by Crippen LogP contribution is -2.27. The molecule has 0 spiro atoms. The van der Waals surface area contributed by atoms with Gasteiger partial charge in [0.05, 0.1) is 11.3 Å². The average Bonchev–Trinajstić information content (AvgIpc) is 2.99. The Labute approximate surface area is 166 Å². The number of hydrogen-bond donors (Lipinski definition) is 0. The Balaban J connectivity index is 1.76. The summed E-state index contributed by atoms with van der Waals surface area (Å²) in [6.45, 7) is 3.79. The Hall–Kier alpha value is -2.67. The maximum Gasteiger partial charge on any atom is 0.255 e. The number of thioether (sulfide) groups is 1. The molecule has 0 aliphatic heterocycles. The van der Waals surface area contributed by atoms with E-state index in [-0.39, 0.29) is 18.0 Å². The van der Waals surface area contributed by atoms with Gasteiger partial charge in [-0.25, -0.2) is 8.78 Å². The Kier molecular flexibility index (Phi) is 6.14. The molecular weight excluding hydrogens is 382 g/mol. The van der Waals surface area contributed by atoms with E-state index in [0.29, 0.717) is 11.3 Å². The first kappa shape index (κ1) is 20.1. The largest absolute Gasteiger partial charge is 0.361 e. The average molecular weight is 402 g/mol. The molecule has 4 nitrogen and oxygen atoms in total. The standard InChI is InChI=1S/C21H20F2N2O2S/c1-13-18(14(2)27-24-13)12-28-20-7-5-4-6-17(20)21(26)25(3)11-15-8-9-16(22)10-19(15)23/h4-10H,11-12H2,1-3H3. The first-order valence-corrected chi connectivity index (χ1v) is 9.68. The molecule has 146 valence electrons. The van der Waals surface area contributed by atoms with Crippen molar-refractivity contribution in [1.29, 1.82) is 0 Å². The van der Waals surface area contributed by atoms with Gasteiger partial charge in [0.2, 0.25) is 0 Å². The molecule has 1 amide bonds. The van der Waals surface area contributed by atoms with Gasteiger partial charge in [0.25, 0.3) is 5.91 Å². The third-order valence-corrected chi connectivity index (χ3v) is 5.54. The second kappa shape index (κ2) is 8.56. The summed E-state index contributed by atoms with van der Waals surface area (Å²) < 4.78 is 32.2. The lowest BCUT2D eigenvalue weighted by atomic mass is 10.1. The molecule has 0 radical (unpaired) electrons. The molecule has 0 N–H and O–H groups in total. The van der Waals surface area contributed by atoms with E-state index in [9.17, 15) is 13.6 Å². The molecule has 1 heterocycles. The Morgan fingerprint density at radius 3 is 2.61 bits per heavy atom. The Morgan fingerprint density at radius 1 is 1.18 bits per heavy atom. The molecule has 3 aromatic rings. The zero-order chi connectivity index (χ0) is 20.3. The monoisotopic (exact) mass is 402 g/mol. The van der Waals surface area contributed by atoms with Gasteiger partial charge in [0, 0.05) is 41.4 Å². The minimum absolute atomic E-state index is 0.0494. The maximum absolute atomic E-state index is 13.9. The van der Waals surface area contributed by atoms with Crippen LogP contribution in [0.3, 0.4) is 0 Å². The van der Waals surface area contributed by atoms with Crippen molar-refractivity contribution in [2.24, 2.45) is 0 Å². The summed E-state index contributed by atoms with van der Waals surface area (Å²) in [5.41, 5.74) is 2.63. The molecule has 2 aromatic carbocycles. The fraction of sp³-hybridized carbons (Fsp3) is 0.238. The first-order chi connectivity index (χ1) is 13.4. The molecule has 0 saturated heterocycles. The van der Waals surface area contributed by atoms with Crippen LogP contribution in [0.4, 0.5) is 8.78 Å². The van der Waals surface area contributed by atoms with Gasteiger partial charge in [-0.3, -0.25) is 4.79 Å². The summed E-state index contributed by atoms with van der Waals surface area (Å²) in [7, 11) is 1.60. The highest BCUT2D eigenvalue weighted by Gasteiger charge is 2.18. The molecule has 28 heavy (non-hydrogen) atoms. The van der Waals surface area contributed by atoms with Crippen LogP contribution in [0.5, 0.6) is 0 Å². The van der Waals surface area contributed by atoms with Crippen LogP contribution >= 0.6 is 11.8 Å². The third kappa shape index (κ3) is 4.42. The summed E-state index contributed by atoms with van der Waals surface area (Å²) in [6.07, 6.45) is 0. The van der Waals surface area contributed by atoms with Gasteiger partial charge in [0.1, 0.15) is 17.4 Å². The lowest BCUT2D eigenvalue weighted by molar-refractivity contribution is 0.0780. The zero-order valence-corrected chi connectivity index (χ0v) is 16.6. The normalized spacial score (nSPS) is 10.9.